The molecule has 3 atom stereocenters. The van der Waals surface area contributed by atoms with Crippen LogP contribution in [0.15, 0.2) is 35.2 Å². The first-order chi connectivity index (χ1) is 14.6. The monoisotopic (exact) mass is 473 g/mol. The van der Waals surface area contributed by atoms with Crippen LogP contribution in [-0.4, -0.2) is 115 Å². The number of β-amino-alcohol motifs (C(OH)–C–C–N with tert-alkyl or cyclic N) is 1. The van der Waals surface area contributed by atoms with E-state index < -0.39 is 0 Å². The molecule has 0 saturated carbocycles. The second-order valence-electron chi connectivity index (χ2n) is 7.75. The van der Waals surface area contributed by atoms with Gasteiger partial charge in [0.2, 0.25) is 0 Å². The number of nitrogens with one attached hydrogen (secondary N) is 1. The first-order valence-corrected chi connectivity index (χ1v) is 13.5. The molecule has 30 heavy (non-hydrogen) atoms. The fourth-order valence-electron chi connectivity index (χ4n) is 3.51. The van der Waals surface area contributed by atoms with E-state index in [4.69, 9.17) is 0 Å². The minimum atomic E-state index is -0.374. The molecule has 1 heterocycles. The highest BCUT2D eigenvalue weighted by molar-refractivity contribution is 7.97. The summed E-state index contributed by atoms with van der Waals surface area (Å²) < 4.78 is 3.32. The van der Waals surface area contributed by atoms with Gasteiger partial charge in [0.15, 0.2) is 0 Å². The molecule has 9 heteroatoms. The molecule has 1 aromatic carbocycles. The van der Waals surface area contributed by atoms with Gasteiger partial charge < -0.3 is 10.0 Å². The molecule has 0 amide bonds. The van der Waals surface area contributed by atoms with Crippen LogP contribution in [0.4, 0.5) is 0 Å². The van der Waals surface area contributed by atoms with Crippen molar-refractivity contribution in [3.05, 3.63) is 30.3 Å². The van der Waals surface area contributed by atoms with Crippen molar-refractivity contribution in [2.24, 2.45) is 0 Å². The highest BCUT2D eigenvalue weighted by atomic mass is 32.2. The Bertz CT molecular complexity index is 539. The van der Waals surface area contributed by atoms with Gasteiger partial charge in [-0.25, -0.2) is 0 Å². The molecule has 0 bridgehead atoms. The molecule has 1 aliphatic heterocycles. The number of likely N-dealkylation sites (N-methyl/N-ethyl adjacent to an activating group) is 1. The Morgan fingerprint density at radius 2 is 1.37 bits per heavy atom. The largest absolute Gasteiger partial charge is 0.390 e. The molecule has 1 saturated heterocycles. The number of benzene rings is 1. The van der Waals surface area contributed by atoms with E-state index in [0.29, 0.717) is 13.1 Å². The van der Waals surface area contributed by atoms with Crippen LogP contribution in [0.1, 0.15) is 6.92 Å². The maximum absolute atomic E-state index is 10.6. The number of hydrogen-bond acceptors (Lipinski definition) is 7. The van der Waals surface area contributed by atoms with E-state index in [9.17, 15) is 5.11 Å². The van der Waals surface area contributed by atoms with Gasteiger partial charge in [-0.3, -0.25) is 19.4 Å². The van der Waals surface area contributed by atoms with Crippen LogP contribution in [0.3, 0.4) is 0 Å². The summed E-state index contributed by atoms with van der Waals surface area (Å²) in [4.78, 5) is 11.2. The van der Waals surface area contributed by atoms with Crippen LogP contribution in [0, 0.1) is 0 Å². The molecule has 0 aromatic heterocycles. The van der Waals surface area contributed by atoms with Gasteiger partial charge in [0.25, 0.3) is 0 Å². The van der Waals surface area contributed by atoms with Gasteiger partial charge in [0.05, 0.1) is 6.10 Å². The predicted octanol–water partition coefficient (Wildman–Crippen LogP) is 1.55. The topological polar surface area (TPSA) is 45.2 Å². The highest BCUT2D eigenvalue weighted by Gasteiger charge is 2.17. The van der Waals surface area contributed by atoms with Gasteiger partial charge in [-0.05, 0) is 30.6 Å². The molecule has 1 fully saturated rings. The summed E-state index contributed by atoms with van der Waals surface area (Å²) in [5, 5.41) is 10.6. The van der Waals surface area contributed by atoms with E-state index in [0.717, 1.165) is 71.5 Å². The number of hydrogen-bond donors (Lipinski definition) is 2. The van der Waals surface area contributed by atoms with Crippen LogP contribution in [0.5, 0.6) is 0 Å². The van der Waals surface area contributed by atoms with Crippen LogP contribution in [0.25, 0.3) is 0 Å². The summed E-state index contributed by atoms with van der Waals surface area (Å²) in [5.74, 6) is 0. The first-order valence-electron chi connectivity index (χ1n) is 11.1. The van der Waals surface area contributed by atoms with E-state index in [1.54, 1.807) is 11.9 Å². The van der Waals surface area contributed by atoms with Gasteiger partial charge in [-0.15, -0.1) is 18.5 Å². The Labute approximate surface area is 192 Å². The molecule has 0 radical (unpaired) electrons. The second kappa shape index (κ2) is 15.9. The minimum absolute atomic E-state index is 0.374. The second-order valence-corrected chi connectivity index (χ2v) is 9.45. The maximum atomic E-state index is 10.6. The Hall–Kier alpha value is 0.190. The lowest BCUT2D eigenvalue weighted by Crippen LogP contribution is -2.47. The molecular formula is C21H41N5OP2S. The molecule has 0 spiro atoms. The average molecular weight is 474 g/mol. The van der Waals surface area contributed by atoms with Crippen molar-refractivity contribution in [2.45, 2.75) is 17.9 Å². The minimum Gasteiger partial charge on any atom is -0.390 e. The molecule has 1 aliphatic rings. The number of aliphatic hydroxyl groups excluding tert-OH is 1. The third-order valence-corrected chi connectivity index (χ3v) is 7.47. The number of nitrogens with zero attached hydrogens (tertiary/aromatic N) is 4. The van der Waals surface area contributed by atoms with Crippen molar-refractivity contribution >= 4 is 30.4 Å². The predicted molar refractivity (Wildman–Crippen MR) is 137 cm³/mol. The summed E-state index contributed by atoms with van der Waals surface area (Å²) in [6.07, 6.45) is 1.66. The summed E-state index contributed by atoms with van der Waals surface area (Å²) >= 11 is 1.59. The van der Waals surface area contributed by atoms with Gasteiger partial charge in [0, 0.05) is 82.9 Å². The fourth-order valence-corrected chi connectivity index (χ4v) is 4.98. The van der Waals surface area contributed by atoms with E-state index in [1.165, 1.54) is 4.90 Å². The summed E-state index contributed by atoms with van der Waals surface area (Å²) in [5.41, 5.74) is 0. The molecule has 6 nitrogen and oxygen atoms in total. The highest BCUT2D eigenvalue weighted by Crippen LogP contribution is 2.13. The lowest BCUT2D eigenvalue weighted by atomic mass is 10.3. The first kappa shape index (κ1) is 26.4. The lowest BCUT2D eigenvalue weighted by Gasteiger charge is -2.34. The van der Waals surface area contributed by atoms with Crippen LogP contribution in [0.2, 0.25) is 0 Å². The van der Waals surface area contributed by atoms with Crippen molar-refractivity contribution in [3.8, 4) is 0 Å². The summed E-state index contributed by atoms with van der Waals surface area (Å²) in [6.45, 7) is 13.1. The zero-order valence-corrected chi connectivity index (χ0v) is 21.6. The zero-order valence-electron chi connectivity index (χ0n) is 18.5. The van der Waals surface area contributed by atoms with Gasteiger partial charge in [-0.2, -0.15) is 0 Å². The molecule has 0 aliphatic carbocycles. The third kappa shape index (κ3) is 10.7. The standard InChI is InChI=1S/C21H41N5OP2S/c1-2-23-8-10-24(11-13-26(19-29)15-14-25(18-28)12-9-23)17-20(27)16-22-30-21-6-4-3-5-7-21/h3-7,20,22,27H,2,8-19,28-29H2,1H3. The van der Waals surface area contributed by atoms with E-state index in [-0.39, 0.29) is 6.10 Å². The quantitative estimate of drug-likeness (QED) is 0.417. The molecule has 2 rings (SSSR count). The van der Waals surface area contributed by atoms with Crippen LogP contribution >= 0.6 is 30.4 Å². The van der Waals surface area contributed by atoms with Gasteiger partial charge in [-0.1, -0.05) is 25.1 Å². The van der Waals surface area contributed by atoms with E-state index in [1.807, 2.05) is 18.2 Å². The molecular weight excluding hydrogens is 432 g/mol. The summed E-state index contributed by atoms with van der Waals surface area (Å²) in [7, 11) is 5.75. The molecule has 2 N–H and O–H groups in total. The van der Waals surface area contributed by atoms with Crippen LogP contribution < -0.4 is 4.72 Å². The van der Waals surface area contributed by atoms with Crippen molar-refractivity contribution in [2.75, 3.05) is 84.6 Å². The van der Waals surface area contributed by atoms with Gasteiger partial charge in [0.1, 0.15) is 0 Å². The Morgan fingerprint density at radius 3 is 1.87 bits per heavy atom. The average Bonchev–Trinajstić information content (AvgIpc) is 2.76. The normalized spacial score (nSPS) is 20.5. The van der Waals surface area contributed by atoms with Crippen molar-refractivity contribution in [1.29, 1.82) is 0 Å². The number of rotatable bonds is 9. The molecule has 172 valence electrons. The Kier molecular flexibility index (Phi) is 14.0. The van der Waals surface area contributed by atoms with Gasteiger partial charge >= 0.3 is 0 Å². The third-order valence-electron chi connectivity index (χ3n) is 5.61. The van der Waals surface area contributed by atoms with Crippen LogP contribution in [-0.2, 0) is 0 Å². The maximum Gasteiger partial charge on any atom is 0.0800 e. The zero-order chi connectivity index (χ0) is 21.6. The number of aliphatic hydroxyl groups is 1. The van der Waals surface area contributed by atoms with E-state index in [2.05, 4.69) is 61.9 Å². The molecule has 3 unspecified atom stereocenters. The smallest absolute Gasteiger partial charge is 0.0800 e. The summed E-state index contributed by atoms with van der Waals surface area (Å²) in [6, 6.07) is 10.2. The Balaban J connectivity index is 1.85. The van der Waals surface area contributed by atoms with Crippen molar-refractivity contribution in [1.82, 2.24) is 24.3 Å². The molecule has 1 aromatic rings. The lowest BCUT2D eigenvalue weighted by molar-refractivity contribution is 0.0942. The SMILES string of the molecule is CCN1CCN(CP)CCN(CP)CCN(CC(O)CNSc2ccccc2)CC1. The van der Waals surface area contributed by atoms with Crippen molar-refractivity contribution in [3.63, 3.8) is 0 Å². The fraction of sp³-hybridized carbons (Fsp3) is 0.714. The van der Waals surface area contributed by atoms with Crippen molar-refractivity contribution < 1.29 is 5.11 Å². The van der Waals surface area contributed by atoms with E-state index >= 15 is 0 Å². The Morgan fingerprint density at radius 1 is 0.867 bits per heavy atom.